The zero-order valence-corrected chi connectivity index (χ0v) is 13.7. The third kappa shape index (κ3) is 4.89. The molecule has 1 aromatic carbocycles. The fraction of sp³-hybridized carbons (Fsp3) is 0.600. The second-order valence-corrected chi connectivity index (χ2v) is 7.47. The van der Waals surface area contributed by atoms with Crippen LogP contribution in [-0.2, 0) is 16.4 Å². The Kier molecular flexibility index (Phi) is 6.65. The molecular weight excluding hydrogens is 272 g/mol. The van der Waals surface area contributed by atoms with Gasteiger partial charge in [0.1, 0.15) is 0 Å². The maximum atomic E-state index is 12.4. The molecule has 1 aromatic rings. The van der Waals surface area contributed by atoms with Gasteiger partial charge in [-0.2, -0.15) is 0 Å². The standard InChI is InChI=1S/C15H26N2O2S/c1-5-16-11-10-14-6-8-15(9-7-14)20(18,19)17(4)12-13(2)3/h6-9,13,16H,5,10-12H2,1-4H3. The first-order valence-corrected chi connectivity index (χ1v) is 8.58. The van der Waals surface area contributed by atoms with E-state index < -0.39 is 10.0 Å². The van der Waals surface area contributed by atoms with Crippen LogP contribution in [0.2, 0.25) is 0 Å². The van der Waals surface area contributed by atoms with Gasteiger partial charge in [0.2, 0.25) is 10.0 Å². The normalized spacial score (nSPS) is 12.3. The summed E-state index contributed by atoms with van der Waals surface area (Å²) in [5.41, 5.74) is 1.15. The molecule has 0 amide bonds. The molecule has 0 saturated heterocycles. The molecule has 0 heterocycles. The van der Waals surface area contributed by atoms with Crippen LogP contribution in [0.15, 0.2) is 29.2 Å². The van der Waals surface area contributed by atoms with Crippen LogP contribution >= 0.6 is 0 Å². The molecule has 1 N–H and O–H groups in total. The average molecular weight is 298 g/mol. The minimum atomic E-state index is -3.36. The van der Waals surface area contributed by atoms with Crippen LogP contribution in [0.4, 0.5) is 0 Å². The monoisotopic (exact) mass is 298 g/mol. The summed E-state index contributed by atoms with van der Waals surface area (Å²) in [5.74, 6) is 0.314. The Bertz CT molecular complexity index is 495. The van der Waals surface area contributed by atoms with E-state index in [1.807, 2.05) is 26.0 Å². The van der Waals surface area contributed by atoms with Gasteiger partial charge in [0, 0.05) is 13.6 Å². The molecule has 0 spiro atoms. The van der Waals surface area contributed by atoms with Crippen LogP contribution in [0.5, 0.6) is 0 Å². The van der Waals surface area contributed by atoms with Crippen molar-refractivity contribution in [2.24, 2.45) is 5.92 Å². The highest BCUT2D eigenvalue weighted by Gasteiger charge is 2.20. The van der Waals surface area contributed by atoms with E-state index in [0.29, 0.717) is 17.4 Å². The van der Waals surface area contributed by atoms with Crippen molar-refractivity contribution in [3.05, 3.63) is 29.8 Å². The lowest BCUT2D eigenvalue weighted by Crippen LogP contribution is -2.30. The van der Waals surface area contributed by atoms with E-state index >= 15 is 0 Å². The van der Waals surface area contributed by atoms with E-state index in [-0.39, 0.29) is 0 Å². The van der Waals surface area contributed by atoms with Crippen LogP contribution in [-0.4, -0.2) is 39.4 Å². The van der Waals surface area contributed by atoms with Crippen molar-refractivity contribution < 1.29 is 8.42 Å². The summed E-state index contributed by atoms with van der Waals surface area (Å²) in [5, 5.41) is 3.25. The number of nitrogens with zero attached hydrogens (tertiary/aromatic N) is 1. The second kappa shape index (κ2) is 7.76. The molecule has 0 aromatic heterocycles. The number of rotatable bonds is 8. The van der Waals surface area contributed by atoms with Gasteiger partial charge in [-0.3, -0.25) is 0 Å². The van der Waals surface area contributed by atoms with Crippen LogP contribution in [0.25, 0.3) is 0 Å². The maximum absolute atomic E-state index is 12.4. The smallest absolute Gasteiger partial charge is 0.242 e. The molecule has 0 aliphatic carbocycles. The molecule has 114 valence electrons. The molecule has 0 unspecified atom stereocenters. The highest BCUT2D eigenvalue weighted by atomic mass is 32.2. The summed E-state index contributed by atoms with van der Waals surface area (Å²) in [6.45, 7) is 8.48. The Hall–Kier alpha value is -0.910. The summed E-state index contributed by atoms with van der Waals surface area (Å²) in [4.78, 5) is 0.368. The molecule has 0 fully saturated rings. The Labute approximate surface area is 123 Å². The first-order valence-electron chi connectivity index (χ1n) is 7.14. The molecule has 1 rings (SSSR count). The predicted molar refractivity (Wildman–Crippen MR) is 83.3 cm³/mol. The van der Waals surface area contributed by atoms with Crippen LogP contribution in [0.1, 0.15) is 26.3 Å². The van der Waals surface area contributed by atoms with Crippen molar-refractivity contribution in [2.75, 3.05) is 26.7 Å². The molecular formula is C15H26N2O2S. The Balaban J connectivity index is 2.76. The fourth-order valence-electron chi connectivity index (χ4n) is 2.03. The average Bonchev–Trinajstić information content (AvgIpc) is 2.39. The van der Waals surface area contributed by atoms with E-state index in [1.165, 1.54) is 4.31 Å². The molecule has 0 radical (unpaired) electrons. The third-order valence-electron chi connectivity index (χ3n) is 3.09. The molecule has 0 bridgehead atoms. The van der Waals surface area contributed by atoms with E-state index in [0.717, 1.165) is 25.1 Å². The summed E-state index contributed by atoms with van der Waals surface area (Å²) in [6.07, 6.45) is 0.913. The number of hydrogen-bond donors (Lipinski definition) is 1. The highest BCUT2D eigenvalue weighted by molar-refractivity contribution is 7.89. The molecule has 5 heteroatoms. The Morgan fingerprint density at radius 2 is 1.80 bits per heavy atom. The quantitative estimate of drug-likeness (QED) is 0.748. The highest BCUT2D eigenvalue weighted by Crippen LogP contribution is 2.16. The number of hydrogen-bond acceptors (Lipinski definition) is 3. The summed E-state index contributed by atoms with van der Waals surface area (Å²) in [6, 6.07) is 7.20. The molecule has 0 aliphatic heterocycles. The topological polar surface area (TPSA) is 49.4 Å². The van der Waals surface area contributed by atoms with Gasteiger partial charge < -0.3 is 5.32 Å². The van der Waals surface area contributed by atoms with Gasteiger partial charge in [0.25, 0.3) is 0 Å². The third-order valence-corrected chi connectivity index (χ3v) is 4.93. The molecule has 4 nitrogen and oxygen atoms in total. The predicted octanol–water partition coefficient (Wildman–Crippen LogP) is 2.12. The largest absolute Gasteiger partial charge is 0.317 e. The number of likely N-dealkylation sites (N-methyl/N-ethyl adjacent to an activating group) is 1. The summed E-state index contributed by atoms with van der Waals surface area (Å²) >= 11 is 0. The Morgan fingerprint density at radius 3 is 2.30 bits per heavy atom. The van der Waals surface area contributed by atoms with Crippen molar-refractivity contribution in [1.29, 1.82) is 0 Å². The van der Waals surface area contributed by atoms with Gasteiger partial charge in [-0.25, -0.2) is 12.7 Å². The zero-order valence-electron chi connectivity index (χ0n) is 12.9. The van der Waals surface area contributed by atoms with Crippen molar-refractivity contribution in [1.82, 2.24) is 9.62 Å². The van der Waals surface area contributed by atoms with Gasteiger partial charge in [-0.15, -0.1) is 0 Å². The van der Waals surface area contributed by atoms with Crippen LogP contribution in [0.3, 0.4) is 0 Å². The minimum absolute atomic E-state index is 0.314. The van der Waals surface area contributed by atoms with Gasteiger partial charge in [0.05, 0.1) is 4.90 Å². The zero-order chi connectivity index (χ0) is 15.2. The van der Waals surface area contributed by atoms with E-state index in [4.69, 9.17) is 0 Å². The Morgan fingerprint density at radius 1 is 1.20 bits per heavy atom. The van der Waals surface area contributed by atoms with E-state index in [9.17, 15) is 8.42 Å². The van der Waals surface area contributed by atoms with Gasteiger partial charge in [-0.1, -0.05) is 32.9 Å². The first-order chi connectivity index (χ1) is 9.37. The lowest BCUT2D eigenvalue weighted by molar-refractivity contribution is 0.417. The minimum Gasteiger partial charge on any atom is -0.317 e. The SMILES string of the molecule is CCNCCc1ccc(S(=O)(=O)N(C)CC(C)C)cc1. The first kappa shape index (κ1) is 17.1. The lowest BCUT2D eigenvalue weighted by Gasteiger charge is -2.19. The summed E-state index contributed by atoms with van der Waals surface area (Å²) < 4.78 is 26.1. The summed E-state index contributed by atoms with van der Waals surface area (Å²) in [7, 11) is -1.72. The van der Waals surface area contributed by atoms with Crippen LogP contribution < -0.4 is 5.32 Å². The van der Waals surface area contributed by atoms with Crippen molar-refractivity contribution in [3.8, 4) is 0 Å². The molecule has 0 saturated carbocycles. The number of sulfonamides is 1. The molecule has 0 aliphatic rings. The van der Waals surface area contributed by atoms with E-state index in [2.05, 4.69) is 12.2 Å². The second-order valence-electron chi connectivity index (χ2n) is 5.43. The van der Waals surface area contributed by atoms with E-state index in [1.54, 1.807) is 19.2 Å². The van der Waals surface area contributed by atoms with Crippen molar-refractivity contribution >= 4 is 10.0 Å². The van der Waals surface area contributed by atoms with Crippen LogP contribution in [0, 0.1) is 5.92 Å². The fourth-order valence-corrected chi connectivity index (χ4v) is 3.36. The van der Waals surface area contributed by atoms with Gasteiger partial charge >= 0.3 is 0 Å². The molecule has 0 atom stereocenters. The maximum Gasteiger partial charge on any atom is 0.242 e. The number of nitrogens with one attached hydrogen (secondary N) is 1. The van der Waals surface area contributed by atoms with Crippen molar-refractivity contribution in [3.63, 3.8) is 0 Å². The van der Waals surface area contributed by atoms with Crippen molar-refractivity contribution in [2.45, 2.75) is 32.1 Å². The number of benzene rings is 1. The van der Waals surface area contributed by atoms with Gasteiger partial charge in [-0.05, 0) is 43.1 Å². The lowest BCUT2D eigenvalue weighted by atomic mass is 10.1. The molecule has 20 heavy (non-hydrogen) atoms. The van der Waals surface area contributed by atoms with Gasteiger partial charge in [0.15, 0.2) is 0 Å².